The molecule has 1 amide bonds. The van der Waals surface area contributed by atoms with Crippen molar-refractivity contribution in [2.75, 3.05) is 5.32 Å². The topological polar surface area (TPSA) is 51.2 Å². The zero-order chi connectivity index (χ0) is 13.1. The molecule has 0 bridgehead atoms. The number of alkyl halides is 1. The molecule has 1 aromatic heterocycles. The molecule has 0 radical (unpaired) electrons. The van der Waals surface area contributed by atoms with E-state index in [0.29, 0.717) is 5.82 Å². The highest BCUT2D eigenvalue weighted by atomic mass is 79.9. The van der Waals surface area contributed by atoms with Gasteiger partial charge in [0.1, 0.15) is 11.4 Å². The number of hydrogen-bond acceptors (Lipinski definition) is 3. The number of halogens is 1. The Morgan fingerprint density at radius 2 is 2.12 bits per heavy atom. The molecule has 94 valence electrons. The van der Waals surface area contributed by atoms with Crippen molar-refractivity contribution in [1.29, 1.82) is 0 Å². The van der Waals surface area contributed by atoms with Gasteiger partial charge in [-0.3, -0.25) is 5.32 Å². The summed E-state index contributed by atoms with van der Waals surface area (Å²) in [5, 5.41) is 2.58. The first-order chi connectivity index (χ1) is 7.78. The predicted molar refractivity (Wildman–Crippen MR) is 71.4 cm³/mol. The van der Waals surface area contributed by atoms with Gasteiger partial charge in [0.15, 0.2) is 0 Å². The number of ether oxygens (including phenoxy) is 1. The number of aromatic nitrogens is 1. The van der Waals surface area contributed by atoms with Gasteiger partial charge in [0.25, 0.3) is 0 Å². The number of carbonyl (C=O) groups is 1. The number of hydrogen-bond donors (Lipinski definition) is 1. The largest absolute Gasteiger partial charge is 0.444 e. The van der Waals surface area contributed by atoms with Crippen LogP contribution in [0.2, 0.25) is 0 Å². The highest BCUT2D eigenvalue weighted by Crippen LogP contribution is 2.21. The molecule has 0 aliphatic heterocycles. The van der Waals surface area contributed by atoms with E-state index < -0.39 is 11.7 Å². The fraction of sp³-hybridized carbons (Fsp3) is 0.500. The molecule has 1 aromatic rings. The van der Waals surface area contributed by atoms with Gasteiger partial charge in [-0.05, 0) is 39.3 Å². The molecule has 1 atom stereocenters. The van der Waals surface area contributed by atoms with Crippen LogP contribution in [-0.4, -0.2) is 16.7 Å². The molecule has 0 fully saturated rings. The second-order valence-electron chi connectivity index (χ2n) is 4.72. The van der Waals surface area contributed by atoms with Crippen molar-refractivity contribution >= 4 is 27.8 Å². The Bertz CT molecular complexity index is 382. The predicted octanol–water partition coefficient (Wildman–Crippen LogP) is 3.88. The minimum atomic E-state index is -0.506. The molecule has 0 unspecified atom stereocenters. The first-order valence-electron chi connectivity index (χ1n) is 5.38. The third-order valence-electron chi connectivity index (χ3n) is 1.87. The summed E-state index contributed by atoms with van der Waals surface area (Å²) in [7, 11) is 0. The van der Waals surface area contributed by atoms with E-state index in [-0.39, 0.29) is 4.83 Å². The average Bonchev–Trinajstić information content (AvgIpc) is 2.15. The zero-order valence-electron chi connectivity index (χ0n) is 10.5. The molecule has 17 heavy (non-hydrogen) atoms. The summed E-state index contributed by atoms with van der Waals surface area (Å²) in [4.78, 5) is 15.8. The Labute approximate surface area is 110 Å². The van der Waals surface area contributed by atoms with Crippen LogP contribution >= 0.6 is 15.9 Å². The molecule has 0 spiro atoms. The zero-order valence-corrected chi connectivity index (χ0v) is 12.0. The van der Waals surface area contributed by atoms with Gasteiger partial charge in [-0.25, -0.2) is 9.78 Å². The molecule has 1 rings (SSSR count). The second kappa shape index (κ2) is 5.49. The number of pyridine rings is 1. The SMILES string of the molecule is C[C@@H](Br)c1ccc(NC(=O)OC(C)(C)C)nc1. The molecule has 0 aromatic carbocycles. The van der Waals surface area contributed by atoms with E-state index in [4.69, 9.17) is 4.74 Å². The standard InChI is InChI=1S/C12H17BrN2O2/c1-8(13)9-5-6-10(14-7-9)15-11(16)17-12(2,3)4/h5-8H,1-4H3,(H,14,15,16)/t8-/m1/s1. The maximum atomic E-state index is 11.5. The monoisotopic (exact) mass is 300 g/mol. The highest BCUT2D eigenvalue weighted by molar-refractivity contribution is 9.09. The van der Waals surface area contributed by atoms with Gasteiger partial charge >= 0.3 is 6.09 Å². The van der Waals surface area contributed by atoms with E-state index in [0.717, 1.165) is 5.56 Å². The molecule has 0 aliphatic rings. The van der Waals surface area contributed by atoms with E-state index in [1.54, 1.807) is 12.3 Å². The van der Waals surface area contributed by atoms with Crippen LogP contribution < -0.4 is 5.32 Å². The molecule has 0 saturated carbocycles. The van der Waals surface area contributed by atoms with Gasteiger partial charge in [-0.1, -0.05) is 22.0 Å². The first kappa shape index (κ1) is 14.0. The van der Waals surface area contributed by atoms with Crippen molar-refractivity contribution in [3.63, 3.8) is 0 Å². The fourth-order valence-corrected chi connectivity index (χ4v) is 1.39. The number of amides is 1. The Morgan fingerprint density at radius 3 is 2.53 bits per heavy atom. The van der Waals surface area contributed by atoms with Crippen LogP contribution in [0.1, 0.15) is 38.1 Å². The summed E-state index contributed by atoms with van der Waals surface area (Å²) < 4.78 is 5.12. The summed E-state index contributed by atoms with van der Waals surface area (Å²) >= 11 is 3.45. The first-order valence-corrected chi connectivity index (χ1v) is 6.29. The van der Waals surface area contributed by atoms with E-state index in [1.807, 2.05) is 33.8 Å². The van der Waals surface area contributed by atoms with E-state index >= 15 is 0 Å². The van der Waals surface area contributed by atoms with E-state index in [1.165, 1.54) is 0 Å². The molecule has 0 aliphatic carbocycles. The van der Waals surface area contributed by atoms with Gasteiger partial charge in [-0.15, -0.1) is 0 Å². The average molecular weight is 301 g/mol. The van der Waals surface area contributed by atoms with Crippen molar-refractivity contribution in [3.8, 4) is 0 Å². The number of rotatable bonds is 2. The maximum absolute atomic E-state index is 11.5. The van der Waals surface area contributed by atoms with Crippen molar-refractivity contribution in [2.45, 2.75) is 38.1 Å². The Balaban J connectivity index is 2.61. The van der Waals surface area contributed by atoms with Crippen molar-refractivity contribution in [3.05, 3.63) is 23.9 Å². The molecule has 1 N–H and O–H groups in total. The summed E-state index contributed by atoms with van der Waals surface area (Å²) in [5.41, 5.74) is 0.550. The van der Waals surface area contributed by atoms with Crippen molar-refractivity contribution in [1.82, 2.24) is 4.98 Å². The summed E-state index contributed by atoms with van der Waals surface area (Å²) in [6.07, 6.45) is 1.22. The molecule has 5 heteroatoms. The van der Waals surface area contributed by atoms with Crippen molar-refractivity contribution in [2.24, 2.45) is 0 Å². The van der Waals surface area contributed by atoms with Gasteiger partial charge in [-0.2, -0.15) is 0 Å². The lowest BCUT2D eigenvalue weighted by Gasteiger charge is -2.19. The van der Waals surface area contributed by atoms with Crippen LogP contribution in [0.5, 0.6) is 0 Å². The fourth-order valence-electron chi connectivity index (χ4n) is 1.12. The molecule has 0 saturated heterocycles. The summed E-state index contributed by atoms with van der Waals surface area (Å²) in [6, 6.07) is 3.65. The lowest BCUT2D eigenvalue weighted by atomic mass is 10.2. The molecule has 4 nitrogen and oxygen atoms in total. The normalized spacial score (nSPS) is 13.0. The van der Waals surface area contributed by atoms with E-state index in [9.17, 15) is 4.79 Å². The lowest BCUT2D eigenvalue weighted by Crippen LogP contribution is -2.27. The van der Waals surface area contributed by atoms with Crippen molar-refractivity contribution < 1.29 is 9.53 Å². The number of carbonyl (C=O) groups excluding carboxylic acids is 1. The highest BCUT2D eigenvalue weighted by Gasteiger charge is 2.16. The van der Waals surface area contributed by atoms with Gasteiger partial charge in [0, 0.05) is 11.0 Å². The molecule has 1 heterocycles. The molecular weight excluding hydrogens is 284 g/mol. The van der Waals surface area contributed by atoms with E-state index in [2.05, 4.69) is 26.2 Å². The third kappa shape index (κ3) is 5.17. The van der Waals surface area contributed by atoms with Crippen LogP contribution in [0.4, 0.5) is 10.6 Å². The minimum absolute atomic E-state index is 0.241. The Kier molecular flexibility index (Phi) is 4.51. The number of nitrogens with one attached hydrogen (secondary N) is 1. The quantitative estimate of drug-likeness (QED) is 0.843. The summed E-state index contributed by atoms with van der Waals surface area (Å²) in [6.45, 7) is 7.46. The maximum Gasteiger partial charge on any atom is 0.413 e. The Morgan fingerprint density at radius 1 is 1.47 bits per heavy atom. The van der Waals surface area contributed by atoms with Crippen LogP contribution in [0, 0.1) is 0 Å². The van der Waals surface area contributed by atoms with Crippen LogP contribution in [0.25, 0.3) is 0 Å². The van der Waals surface area contributed by atoms with Gasteiger partial charge in [0.2, 0.25) is 0 Å². The second-order valence-corrected chi connectivity index (χ2v) is 6.09. The minimum Gasteiger partial charge on any atom is -0.444 e. The smallest absolute Gasteiger partial charge is 0.413 e. The lowest BCUT2D eigenvalue weighted by molar-refractivity contribution is 0.0635. The summed E-state index contributed by atoms with van der Waals surface area (Å²) in [5.74, 6) is 0.483. The number of nitrogens with zero attached hydrogens (tertiary/aromatic N) is 1. The number of anilines is 1. The van der Waals surface area contributed by atoms with Crippen LogP contribution in [0.3, 0.4) is 0 Å². The van der Waals surface area contributed by atoms with Gasteiger partial charge < -0.3 is 4.74 Å². The van der Waals surface area contributed by atoms with Crippen LogP contribution in [0.15, 0.2) is 18.3 Å². The third-order valence-corrected chi connectivity index (χ3v) is 2.40. The van der Waals surface area contributed by atoms with Gasteiger partial charge in [0.05, 0.1) is 0 Å². The molecular formula is C12H17BrN2O2. The van der Waals surface area contributed by atoms with Crippen LogP contribution in [-0.2, 0) is 4.74 Å². The Hall–Kier alpha value is -1.10.